The molecular formula is C17H26BN3O5S. The first-order valence-corrected chi connectivity index (χ1v) is 9.93. The Bertz CT molecular complexity index is 672. The summed E-state index contributed by atoms with van der Waals surface area (Å²) < 4.78 is 12.0. The number of aromatic nitrogens is 2. The molecule has 2 aliphatic heterocycles. The molecule has 0 spiro atoms. The lowest BCUT2D eigenvalue weighted by Gasteiger charge is -2.32. The Balaban J connectivity index is 1.57. The highest BCUT2D eigenvalue weighted by Crippen LogP contribution is 2.36. The van der Waals surface area contributed by atoms with Crippen LogP contribution < -0.4 is 5.46 Å². The van der Waals surface area contributed by atoms with Crippen LogP contribution in [0.1, 0.15) is 34.1 Å². The number of thioether (sulfide) groups is 1. The number of likely N-dealkylation sites (tertiary alicyclic amines) is 1. The number of rotatable bonds is 5. The maximum absolute atomic E-state index is 11.9. The topological polar surface area (TPSA) is 105 Å². The van der Waals surface area contributed by atoms with E-state index in [1.165, 1.54) is 11.8 Å². The van der Waals surface area contributed by atoms with Gasteiger partial charge in [0.15, 0.2) is 11.3 Å². The minimum Gasteiger partial charge on any atom is -0.399 e. The van der Waals surface area contributed by atoms with Crippen molar-refractivity contribution in [3.63, 3.8) is 0 Å². The van der Waals surface area contributed by atoms with Gasteiger partial charge in [0.1, 0.15) is 0 Å². The lowest BCUT2D eigenvalue weighted by molar-refractivity contribution is -0.140. The molecule has 0 aliphatic carbocycles. The van der Waals surface area contributed by atoms with Gasteiger partial charge in [0.2, 0.25) is 0 Å². The van der Waals surface area contributed by atoms with E-state index in [-0.39, 0.29) is 5.25 Å². The molecule has 1 aromatic rings. The molecule has 2 fully saturated rings. The molecule has 3 rings (SSSR count). The van der Waals surface area contributed by atoms with Gasteiger partial charge in [0, 0.05) is 36.2 Å². The standard InChI is InChI=1S/C17H26BN3O5S/c1-16(2)17(3,4)26-18(25-16)11-7-19-15(20-8-11)27-12-5-6-21(9-12)14(24)13(23)10-22/h7-8,12-13,22-23H,5-6,9-10H2,1-4H3. The van der Waals surface area contributed by atoms with Gasteiger partial charge in [0.25, 0.3) is 5.91 Å². The SMILES string of the molecule is CC1(C)OB(c2cnc(SC3CCN(C(=O)C(O)CO)C3)nc2)OC1(C)C. The molecule has 2 N–H and O–H groups in total. The van der Waals surface area contributed by atoms with Crippen LogP contribution in [0.25, 0.3) is 0 Å². The van der Waals surface area contributed by atoms with Gasteiger partial charge in [-0.15, -0.1) is 0 Å². The first-order valence-electron chi connectivity index (χ1n) is 9.05. The van der Waals surface area contributed by atoms with Crippen LogP contribution in [0.5, 0.6) is 0 Å². The van der Waals surface area contributed by atoms with Crippen molar-refractivity contribution in [2.45, 2.75) is 61.8 Å². The number of carbonyl (C=O) groups is 1. The average Bonchev–Trinajstić information content (AvgIpc) is 3.16. The average molecular weight is 395 g/mol. The first-order chi connectivity index (χ1) is 12.6. The van der Waals surface area contributed by atoms with E-state index in [2.05, 4.69) is 9.97 Å². The van der Waals surface area contributed by atoms with Gasteiger partial charge in [-0.1, -0.05) is 11.8 Å². The van der Waals surface area contributed by atoms with Gasteiger partial charge in [-0.05, 0) is 34.1 Å². The number of hydrogen-bond donors (Lipinski definition) is 2. The van der Waals surface area contributed by atoms with Gasteiger partial charge >= 0.3 is 7.12 Å². The van der Waals surface area contributed by atoms with E-state index in [0.29, 0.717) is 18.2 Å². The maximum Gasteiger partial charge on any atom is 0.498 e. The summed E-state index contributed by atoms with van der Waals surface area (Å²) in [7, 11) is -0.492. The maximum atomic E-state index is 11.9. The van der Waals surface area contributed by atoms with Gasteiger partial charge in [-0.2, -0.15) is 0 Å². The Kier molecular flexibility index (Phi) is 5.84. The monoisotopic (exact) mass is 395 g/mol. The summed E-state index contributed by atoms with van der Waals surface area (Å²) in [6, 6.07) is 0. The second-order valence-corrected chi connectivity index (χ2v) is 9.17. The van der Waals surface area contributed by atoms with Crippen LogP contribution in [0.2, 0.25) is 0 Å². The Morgan fingerprint density at radius 3 is 2.48 bits per heavy atom. The predicted molar refractivity (Wildman–Crippen MR) is 102 cm³/mol. The van der Waals surface area contributed by atoms with E-state index in [9.17, 15) is 9.90 Å². The van der Waals surface area contributed by atoms with Crippen LogP contribution in [0.15, 0.2) is 17.6 Å². The molecule has 2 aliphatic rings. The number of nitrogens with zero attached hydrogens (tertiary/aromatic N) is 3. The van der Waals surface area contributed by atoms with Crippen LogP contribution in [-0.2, 0) is 14.1 Å². The smallest absolute Gasteiger partial charge is 0.399 e. The molecule has 2 saturated heterocycles. The number of hydrogen-bond acceptors (Lipinski definition) is 8. The van der Waals surface area contributed by atoms with Crippen LogP contribution >= 0.6 is 11.8 Å². The minimum atomic E-state index is -1.34. The number of amides is 1. The summed E-state index contributed by atoms with van der Waals surface area (Å²) in [6.07, 6.45) is 2.87. The molecule has 0 saturated carbocycles. The second kappa shape index (κ2) is 7.67. The molecule has 148 valence electrons. The zero-order valence-electron chi connectivity index (χ0n) is 16.1. The molecule has 2 atom stereocenters. The van der Waals surface area contributed by atoms with Gasteiger partial charge in [-0.3, -0.25) is 4.79 Å². The highest BCUT2D eigenvalue weighted by atomic mass is 32.2. The zero-order valence-corrected chi connectivity index (χ0v) is 16.9. The molecule has 27 heavy (non-hydrogen) atoms. The molecule has 1 aromatic heterocycles. The van der Waals surface area contributed by atoms with Crippen molar-refractivity contribution in [3.8, 4) is 0 Å². The summed E-state index contributed by atoms with van der Waals surface area (Å²) >= 11 is 1.50. The van der Waals surface area contributed by atoms with Crippen LogP contribution in [0.4, 0.5) is 0 Å². The van der Waals surface area contributed by atoms with E-state index >= 15 is 0 Å². The van der Waals surface area contributed by atoms with Crippen molar-refractivity contribution in [3.05, 3.63) is 12.4 Å². The zero-order chi connectivity index (χ0) is 19.8. The largest absolute Gasteiger partial charge is 0.498 e. The van der Waals surface area contributed by atoms with Crippen LogP contribution in [-0.4, -0.2) is 80.4 Å². The molecule has 10 heteroatoms. The highest BCUT2D eigenvalue weighted by molar-refractivity contribution is 7.99. The minimum absolute atomic E-state index is 0.155. The van der Waals surface area contributed by atoms with Crippen molar-refractivity contribution in [2.24, 2.45) is 0 Å². The summed E-state index contributed by atoms with van der Waals surface area (Å²) in [5, 5.41) is 19.2. The third-order valence-corrected chi connectivity index (χ3v) is 6.50. The van der Waals surface area contributed by atoms with Crippen molar-refractivity contribution in [1.82, 2.24) is 14.9 Å². The molecule has 0 radical (unpaired) electrons. The summed E-state index contributed by atoms with van der Waals surface area (Å²) in [6.45, 7) is 8.49. The molecular weight excluding hydrogens is 369 g/mol. The summed E-state index contributed by atoms with van der Waals surface area (Å²) in [4.78, 5) is 22.3. The Hall–Kier alpha value is -1.20. The normalized spacial score (nSPS) is 25.0. The summed E-state index contributed by atoms with van der Waals surface area (Å²) in [5.74, 6) is -0.433. The third-order valence-electron chi connectivity index (χ3n) is 5.36. The molecule has 2 unspecified atom stereocenters. The van der Waals surface area contributed by atoms with Crippen molar-refractivity contribution in [2.75, 3.05) is 19.7 Å². The molecule has 3 heterocycles. The second-order valence-electron chi connectivity index (χ2n) is 7.90. The number of carbonyl (C=O) groups excluding carboxylic acids is 1. The third kappa shape index (κ3) is 4.29. The lowest BCUT2D eigenvalue weighted by atomic mass is 9.81. The highest BCUT2D eigenvalue weighted by Gasteiger charge is 2.52. The molecule has 8 nitrogen and oxygen atoms in total. The Morgan fingerprint density at radius 2 is 1.93 bits per heavy atom. The van der Waals surface area contributed by atoms with Crippen molar-refractivity contribution in [1.29, 1.82) is 0 Å². The van der Waals surface area contributed by atoms with E-state index < -0.39 is 36.9 Å². The van der Waals surface area contributed by atoms with E-state index in [1.54, 1.807) is 17.3 Å². The molecule has 1 amide bonds. The fourth-order valence-electron chi connectivity index (χ4n) is 2.95. The van der Waals surface area contributed by atoms with Gasteiger partial charge in [-0.25, -0.2) is 9.97 Å². The van der Waals surface area contributed by atoms with E-state index in [1.807, 2.05) is 27.7 Å². The quantitative estimate of drug-likeness (QED) is 0.523. The number of aliphatic hydroxyl groups is 2. The fraction of sp³-hybridized carbons (Fsp3) is 0.706. The van der Waals surface area contributed by atoms with Crippen molar-refractivity contribution >= 4 is 30.3 Å². The Morgan fingerprint density at radius 1 is 1.33 bits per heavy atom. The van der Waals surface area contributed by atoms with Crippen LogP contribution in [0.3, 0.4) is 0 Å². The Labute approximate surface area is 163 Å². The van der Waals surface area contributed by atoms with Crippen molar-refractivity contribution < 1.29 is 24.3 Å². The predicted octanol–water partition coefficient (Wildman–Crippen LogP) is -0.178. The number of aliphatic hydroxyl groups excluding tert-OH is 2. The summed E-state index contributed by atoms with van der Waals surface area (Å²) in [5.41, 5.74) is -0.0546. The molecule has 0 bridgehead atoms. The van der Waals surface area contributed by atoms with E-state index in [4.69, 9.17) is 14.4 Å². The lowest BCUT2D eigenvalue weighted by Crippen LogP contribution is -2.41. The van der Waals surface area contributed by atoms with Crippen LogP contribution in [0, 0.1) is 0 Å². The van der Waals surface area contributed by atoms with Gasteiger partial charge < -0.3 is 24.4 Å². The fourth-order valence-corrected chi connectivity index (χ4v) is 3.95. The van der Waals surface area contributed by atoms with E-state index in [0.717, 1.165) is 11.9 Å². The van der Waals surface area contributed by atoms with Gasteiger partial charge in [0.05, 0.1) is 17.8 Å². The molecule has 0 aromatic carbocycles. The first kappa shape index (κ1) is 20.5.